The highest BCUT2D eigenvalue weighted by molar-refractivity contribution is 5.93. The number of allylic oxidation sites excluding steroid dienone is 1. The van der Waals surface area contributed by atoms with Crippen LogP contribution in [-0.2, 0) is 4.74 Å². The van der Waals surface area contributed by atoms with Crippen LogP contribution in [0.3, 0.4) is 0 Å². The zero-order valence-corrected chi connectivity index (χ0v) is 9.19. The van der Waals surface area contributed by atoms with Crippen LogP contribution in [0.15, 0.2) is 30.3 Å². The molecule has 0 fully saturated rings. The Morgan fingerprint density at radius 2 is 2.07 bits per heavy atom. The second-order valence-electron chi connectivity index (χ2n) is 3.12. The van der Waals surface area contributed by atoms with Crippen LogP contribution in [0.4, 0.5) is 0 Å². The van der Waals surface area contributed by atoms with Crippen LogP contribution in [-0.4, -0.2) is 12.6 Å². The smallest absolute Gasteiger partial charge is 0.338 e. The molecule has 0 spiro atoms. The van der Waals surface area contributed by atoms with Crippen molar-refractivity contribution in [3.8, 4) is 0 Å². The fraction of sp³-hybridized carbons (Fsp3) is 0.308. The molecule has 0 aliphatic rings. The lowest BCUT2D eigenvalue weighted by Gasteiger charge is -2.04. The van der Waals surface area contributed by atoms with Gasteiger partial charge < -0.3 is 4.74 Å². The highest BCUT2D eigenvalue weighted by atomic mass is 16.5. The predicted molar refractivity (Wildman–Crippen MR) is 61.7 cm³/mol. The fourth-order valence-electron chi connectivity index (χ4n) is 1.28. The molecule has 0 aromatic heterocycles. The maximum atomic E-state index is 11.6. The third kappa shape index (κ3) is 3.24. The van der Waals surface area contributed by atoms with Gasteiger partial charge in [-0.3, -0.25) is 0 Å². The quantitative estimate of drug-likeness (QED) is 0.703. The van der Waals surface area contributed by atoms with E-state index in [2.05, 4.69) is 6.92 Å². The first-order valence-corrected chi connectivity index (χ1v) is 5.22. The number of carbonyl (C=O) groups is 1. The van der Waals surface area contributed by atoms with Crippen LogP contribution >= 0.6 is 0 Å². The van der Waals surface area contributed by atoms with Crippen molar-refractivity contribution in [3.63, 3.8) is 0 Å². The van der Waals surface area contributed by atoms with Gasteiger partial charge in [-0.25, -0.2) is 4.79 Å². The van der Waals surface area contributed by atoms with E-state index in [4.69, 9.17) is 4.74 Å². The molecular weight excluding hydrogens is 188 g/mol. The number of ether oxygens (including phenoxy) is 1. The van der Waals surface area contributed by atoms with E-state index in [9.17, 15) is 4.79 Å². The van der Waals surface area contributed by atoms with Crippen molar-refractivity contribution in [2.24, 2.45) is 0 Å². The number of esters is 1. The zero-order valence-electron chi connectivity index (χ0n) is 9.19. The molecule has 0 aliphatic heterocycles. The van der Waals surface area contributed by atoms with Crippen LogP contribution in [0.1, 0.15) is 36.2 Å². The highest BCUT2D eigenvalue weighted by Crippen LogP contribution is 2.12. The minimum atomic E-state index is -0.256. The molecule has 15 heavy (non-hydrogen) atoms. The Morgan fingerprint density at radius 1 is 1.33 bits per heavy atom. The van der Waals surface area contributed by atoms with Gasteiger partial charge in [0.25, 0.3) is 0 Å². The van der Waals surface area contributed by atoms with E-state index in [1.165, 1.54) is 0 Å². The summed E-state index contributed by atoms with van der Waals surface area (Å²) in [7, 11) is 0. The third-order valence-corrected chi connectivity index (χ3v) is 1.99. The second kappa shape index (κ2) is 6.02. The van der Waals surface area contributed by atoms with Gasteiger partial charge in [0.15, 0.2) is 0 Å². The monoisotopic (exact) mass is 204 g/mol. The molecule has 2 heteroatoms. The normalized spacial score (nSPS) is 10.5. The molecule has 0 saturated carbocycles. The summed E-state index contributed by atoms with van der Waals surface area (Å²) in [6, 6.07) is 7.46. The summed E-state index contributed by atoms with van der Waals surface area (Å²) in [4.78, 5) is 11.6. The molecule has 80 valence electrons. The molecule has 1 aromatic rings. The summed E-state index contributed by atoms with van der Waals surface area (Å²) in [5.74, 6) is -0.256. The Labute approximate surface area is 90.6 Å². The lowest BCUT2D eigenvalue weighted by atomic mass is 10.1. The molecule has 0 atom stereocenters. The van der Waals surface area contributed by atoms with E-state index in [1.54, 1.807) is 6.07 Å². The fourth-order valence-corrected chi connectivity index (χ4v) is 1.28. The van der Waals surface area contributed by atoms with E-state index < -0.39 is 0 Å². The highest BCUT2D eigenvalue weighted by Gasteiger charge is 2.08. The van der Waals surface area contributed by atoms with Crippen molar-refractivity contribution in [2.45, 2.75) is 20.3 Å². The van der Waals surface area contributed by atoms with E-state index in [1.807, 2.05) is 37.3 Å². The molecule has 0 aliphatic carbocycles. The van der Waals surface area contributed by atoms with Gasteiger partial charge in [-0.2, -0.15) is 0 Å². The topological polar surface area (TPSA) is 26.3 Å². The van der Waals surface area contributed by atoms with Crippen molar-refractivity contribution in [1.29, 1.82) is 0 Å². The van der Waals surface area contributed by atoms with Gasteiger partial charge in [-0.1, -0.05) is 37.3 Å². The summed E-state index contributed by atoms with van der Waals surface area (Å²) in [6.07, 6.45) is 4.93. The van der Waals surface area contributed by atoms with Crippen molar-refractivity contribution in [1.82, 2.24) is 0 Å². The van der Waals surface area contributed by atoms with Crippen LogP contribution in [0.2, 0.25) is 0 Å². The number of benzene rings is 1. The van der Waals surface area contributed by atoms with Crippen molar-refractivity contribution >= 4 is 12.0 Å². The zero-order chi connectivity index (χ0) is 11.1. The predicted octanol–water partition coefficient (Wildman–Crippen LogP) is 3.29. The van der Waals surface area contributed by atoms with Crippen molar-refractivity contribution < 1.29 is 9.53 Å². The number of rotatable bonds is 4. The molecule has 0 heterocycles. The van der Waals surface area contributed by atoms with Gasteiger partial charge in [0, 0.05) is 0 Å². The molecule has 0 N–H and O–H groups in total. The van der Waals surface area contributed by atoms with Gasteiger partial charge in [-0.15, -0.1) is 0 Å². The number of hydrogen-bond donors (Lipinski definition) is 0. The summed E-state index contributed by atoms with van der Waals surface area (Å²) in [5.41, 5.74) is 1.54. The Kier molecular flexibility index (Phi) is 4.61. The van der Waals surface area contributed by atoms with E-state index >= 15 is 0 Å². The van der Waals surface area contributed by atoms with Crippen LogP contribution in [0.5, 0.6) is 0 Å². The summed E-state index contributed by atoms with van der Waals surface area (Å²) < 4.78 is 4.98. The molecule has 0 unspecified atom stereocenters. The summed E-state index contributed by atoms with van der Waals surface area (Å²) in [5, 5.41) is 0. The Morgan fingerprint density at radius 3 is 2.73 bits per heavy atom. The number of hydrogen-bond acceptors (Lipinski definition) is 2. The molecule has 2 nitrogen and oxygen atoms in total. The van der Waals surface area contributed by atoms with E-state index in [0.29, 0.717) is 12.2 Å². The van der Waals surface area contributed by atoms with Gasteiger partial charge in [-0.05, 0) is 25.0 Å². The van der Waals surface area contributed by atoms with Gasteiger partial charge >= 0.3 is 5.97 Å². The largest absolute Gasteiger partial charge is 0.462 e. The lowest BCUT2D eigenvalue weighted by molar-refractivity contribution is 0.0526. The minimum Gasteiger partial charge on any atom is -0.462 e. The Hall–Kier alpha value is -1.57. The average Bonchev–Trinajstić information content (AvgIpc) is 2.27. The van der Waals surface area contributed by atoms with Crippen LogP contribution < -0.4 is 0 Å². The molecule has 0 radical (unpaired) electrons. The van der Waals surface area contributed by atoms with Gasteiger partial charge in [0.2, 0.25) is 0 Å². The van der Waals surface area contributed by atoms with Crippen molar-refractivity contribution in [2.75, 3.05) is 6.61 Å². The standard InChI is InChI=1S/C13H16O2/c1-3-5-8-11-9-6-7-10-12(11)13(14)15-4-2/h5-10H,3-4H2,1-2H3/b8-5+. The second-order valence-corrected chi connectivity index (χ2v) is 3.12. The maximum Gasteiger partial charge on any atom is 0.338 e. The molecular formula is C13H16O2. The SMILES string of the molecule is CC/C=C/c1ccccc1C(=O)OCC. The van der Waals surface area contributed by atoms with Crippen LogP contribution in [0, 0.1) is 0 Å². The Bertz CT molecular complexity index is 353. The van der Waals surface area contributed by atoms with Gasteiger partial charge in [0.05, 0.1) is 12.2 Å². The third-order valence-electron chi connectivity index (χ3n) is 1.99. The molecule has 0 amide bonds. The molecule has 1 rings (SSSR count). The maximum absolute atomic E-state index is 11.6. The lowest BCUT2D eigenvalue weighted by Crippen LogP contribution is -2.06. The van der Waals surface area contributed by atoms with Gasteiger partial charge in [0.1, 0.15) is 0 Å². The first-order valence-electron chi connectivity index (χ1n) is 5.22. The van der Waals surface area contributed by atoms with Crippen LogP contribution in [0.25, 0.3) is 6.08 Å². The molecule has 0 bridgehead atoms. The minimum absolute atomic E-state index is 0.256. The first kappa shape index (κ1) is 11.5. The van der Waals surface area contributed by atoms with E-state index in [-0.39, 0.29) is 5.97 Å². The van der Waals surface area contributed by atoms with Crippen molar-refractivity contribution in [3.05, 3.63) is 41.5 Å². The van der Waals surface area contributed by atoms with E-state index in [0.717, 1.165) is 12.0 Å². The molecule has 0 saturated heterocycles. The number of carbonyl (C=O) groups excluding carboxylic acids is 1. The molecule has 1 aromatic carbocycles. The first-order chi connectivity index (χ1) is 7.29. The summed E-state index contributed by atoms with van der Waals surface area (Å²) in [6.45, 7) is 4.27. The summed E-state index contributed by atoms with van der Waals surface area (Å²) >= 11 is 0. The Balaban J connectivity index is 2.95. The average molecular weight is 204 g/mol.